The predicted octanol–water partition coefficient (Wildman–Crippen LogP) is 2.54. The summed E-state index contributed by atoms with van der Waals surface area (Å²) in [5, 5.41) is 11.8. The van der Waals surface area contributed by atoms with Gasteiger partial charge in [-0.15, -0.1) is 10.2 Å². The number of anilines is 1. The smallest absolute Gasteiger partial charge is 0.263 e. The summed E-state index contributed by atoms with van der Waals surface area (Å²) in [7, 11) is 0. The van der Waals surface area contributed by atoms with Crippen LogP contribution in [-0.2, 0) is 0 Å². The lowest BCUT2D eigenvalue weighted by Gasteiger charge is -2.05. The first kappa shape index (κ1) is 14.6. The molecule has 2 aromatic carbocycles. The van der Waals surface area contributed by atoms with Crippen molar-refractivity contribution in [1.29, 1.82) is 0 Å². The lowest BCUT2D eigenvalue weighted by atomic mass is 10.2. The highest BCUT2D eigenvalue weighted by molar-refractivity contribution is 5.80. The molecule has 3 N–H and O–H groups in total. The van der Waals surface area contributed by atoms with Crippen LogP contribution in [0.4, 0.5) is 5.95 Å². The molecule has 0 fully saturated rings. The topological polar surface area (TPSA) is 90.4 Å². The van der Waals surface area contributed by atoms with Gasteiger partial charge in [-0.05, 0) is 36.8 Å². The van der Waals surface area contributed by atoms with E-state index in [0.29, 0.717) is 11.8 Å². The molecule has 1 aromatic heterocycles. The van der Waals surface area contributed by atoms with Gasteiger partial charge in [0.05, 0.1) is 6.21 Å². The van der Waals surface area contributed by atoms with Crippen LogP contribution in [0.2, 0.25) is 0 Å². The Labute approximate surface area is 133 Å². The molecule has 0 saturated heterocycles. The Morgan fingerprint density at radius 1 is 1.09 bits per heavy atom. The van der Waals surface area contributed by atoms with Gasteiger partial charge in [0, 0.05) is 0 Å². The van der Waals surface area contributed by atoms with E-state index in [2.05, 4.69) is 20.7 Å². The number of hydrogen-bond donors (Lipinski definition) is 2. The SMILES string of the molecule is Cc1nnc(N/N=C\c2cccc(Oc3ccccc3)c2)n1N. The molecule has 0 aliphatic carbocycles. The minimum absolute atomic E-state index is 0.371. The first-order chi connectivity index (χ1) is 11.2. The number of nitrogen functional groups attached to an aromatic ring is 1. The fourth-order valence-electron chi connectivity index (χ4n) is 1.89. The van der Waals surface area contributed by atoms with Crippen molar-refractivity contribution in [3.05, 3.63) is 66.0 Å². The second kappa shape index (κ2) is 6.61. The molecule has 23 heavy (non-hydrogen) atoms. The van der Waals surface area contributed by atoms with E-state index in [-0.39, 0.29) is 0 Å². The fraction of sp³-hybridized carbons (Fsp3) is 0.0625. The molecule has 0 spiro atoms. The van der Waals surface area contributed by atoms with Gasteiger partial charge in [0.25, 0.3) is 5.95 Å². The Bertz CT molecular complexity index is 812. The van der Waals surface area contributed by atoms with Gasteiger partial charge in [0.15, 0.2) is 5.82 Å². The quantitative estimate of drug-likeness (QED) is 0.429. The monoisotopic (exact) mass is 308 g/mol. The Hall–Kier alpha value is -3.35. The third-order valence-electron chi connectivity index (χ3n) is 3.08. The summed E-state index contributed by atoms with van der Waals surface area (Å²) in [6.45, 7) is 1.76. The van der Waals surface area contributed by atoms with Crippen molar-refractivity contribution in [2.45, 2.75) is 6.92 Å². The van der Waals surface area contributed by atoms with E-state index in [9.17, 15) is 0 Å². The zero-order chi connectivity index (χ0) is 16.1. The van der Waals surface area contributed by atoms with Crippen molar-refractivity contribution < 1.29 is 4.74 Å². The number of nitrogens with zero attached hydrogens (tertiary/aromatic N) is 4. The number of benzene rings is 2. The molecule has 0 amide bonds. The Morgan fingerprint density at radius 3 is 2.61 bits per heavy atom. The summed E-state index contributed by atoms with van der Waals surface area (Å²) in [6, 6.07) is 17.2. The summed E-state index contributed by atoms with van der Waals surface area (Å²) in [5.74, 6) is 8.21. The average Bonchev–Trinajstić information content (AvgIpc) is 2.88. The molecule has 7 heteroatoms. The molecule has 3 rings (SSSR count). The highest BCUT2D eigenvalue weighted by Gasteiger charge is 2.03. The summed E-state index contributed by atoms with van der Waals surface area (Å²) < 4.78 is 7.10. The molecule has 7 nitrogen and oxygen atoms in total. The number of hydrogen-bond acceptors (Lipinski definition) is 6. The van der Waals surface area contributed by atoms with Crippen molar-refractivity contribution in [2.24, 2.45) is 5.10 Å². The van der Waals surface area contributed by atoms with Crippen LogP contribution >= 0.6 is 0 Å². The van der Waals surface area contributed by atoms with Crippen molar-refractivity contribution in [2.75, 3.05) is 11.3 Å². The van der Waals surface area contributed by atoms with Gasteiger partial charge in [0.2, 0.25) is 0 Å². The third kappa shape index (κ3) is 3.65. The van der Waals surface area contributed by atoms with Crippen molar-refractivity contribution >= 4 is 12.2 Å². The third-order valence-corrected chi connectivity index (χ3v) is 3.08. The molecular formula is C16H16N6O. The summed E-state index contributed by atoms with van der Waals surface area (Å²) in [6.07, 6.45) is 1.65. The van der Waals surface area contributed by atoms with E-state index in [4.69, 9.17) is 10.6 Å². The van der Waals surface area contributed by atoms with Crippen LogP contribution in [0.5, 0.6) is 11.5 Å². The number of rotatable bonds is 5. The van der Waals surface area contributed by atoms with Crippen LogP contribution < -0.4 is 16.0 Å². The number of aryl methyl sites for hydroxylation is 1. The standard InChI is InChI=1S/C16H16N6O/c1-12-19-21-16(22(12)17)20-18-11-13-6-5-9-15(10-13)23-14-7-3-2-4-8-14/h2-11H,17H2,1H3,(H,20,21)/b18-11-. The zero-order valence-corrected chi connectivity index (χ0v) is 12.5. The maximum absolute atomic E-state index is 5.78. The maximum Gasteiger partial charge on any atom is 0.263 e. The van der Waals surface area contributed by atoms with Crippen LogP contribution in [0, 0.1) is 6.92 Å². The average molecular weight is 308 g/mol. The molecule has 116 valence electrons. The zero-order valence-electron chi connectivity index (χ0n) is 12.5. The van der Waals surface area contributed by atoms with Crippen LogP contribution in [0.3, 0.4) is 0 Å². The molecule has 0 aliphatic rings. The lowest BCUT2D eigenvalue weighted by molar-refractivity contribution is 0.482. The van der Waals surface area contributed by atoms with Crippen molar-refractivity contribution in [3.63, 3.8) is 0 Å². The number of hydrazone groups is 1. The van der Waals surface area contributed by atoms with Gasteiger partial charge in [-0.1, -0.05) is 30.3 Å². The second-order valence-corrected chi connectivity index (χ2v) is 4.80. The highest BCUT2D eigenvalue weighted by atomic mass is 16.5. The van der Waals surface area contributed by atoms with E-state index in [1.165, 1.54) is 4.68 Å². The molecule has 1 heterocycles. The lowest BCUT2D eigenvalue weighted by Crippen LogP contribution is -2.13. The van der Waals surface area contributed by atoms with Gasteiger partial charge >= 0.3 is 0 Å². The van der Waals surface area contributed by atoms with Crippen LogP contribution in [0.15, 0.2) is 59.7 Å². The highest BCUT2D eigenvalue weighted by Crippen LogP contribution is 2.21. The van der Waals surface area contributed by atoms with Crippen molar-refractivity contribution in [3.8, 4) is 11.5 Å². The largest absolute Gasteiger partial charge is 0.457 e. The molecule has 0 radical (unpaired) electrons. The van der Waals surface area contributed by atoms with E-state index in [1.807, 2.05) is 54.6 Å². The molecule has 0 unspecified atom stereocenters. The van der Waals surface area contributed by atoms with Crippen LogP contribution in [0.25, 0.3) is 0 Å². The molecule has 0 aliphatic heterocycles. The van der Waals surface area contributed by atoms with E-state index < -0.39 is 0 Å². The molecule has 3 aromatic rings. The number of para-hydroxylation sites is 1. The predicted molar refractivity (Wildman–Crippen MR) is 89.1 cm³/mol. The minimum atomic E-state index is 0.371. The first-order valence-corrected chi connectivity index (χ1v) is 7.01. The molecular weight excluding hydrogens is 292 g/mol. The molecule has 0 atom stereocenters. The Balaban J connectivity index is 1.67. The van der Waals surface area contributed by atoms with Gasteiger partial charge in [-0.25, -0.2) is 10.1 Å². The Kier molecular flexibility index (Phi) is 4.19. The van der Waals surface area contributed by atoms with E-state index >= 15 is 0 Å². The number of aromatic nitrogens is 3. The normalized spacial score (nSPS) is 10.8. The van der Waals surface area contributed by atoms with Gasteiger partial charge < -0.3 is 10.6 Å². The summed E-state index contributed by atoms with van der Waals surface area (Å²) >= 11 is 0. The van der Waals surface area contributed by atoms with Gasteiger partial charge in [-0.3, -0.25) is 0 Å². The number of ether oxygens (including phenoxy) is 1. The maximum atomic E-state index is 5.78. The Morgan fingerprint density at radius 2 is 1.87 bits per heavy atom. The van der Waals surface area contributed by atoms with Crippen LogP contribution in [-0.4, -0.2) is 21.1 Å². The fourth-order valence-corrected chi connectivity index (χ4v) is 1.89. The number of nitrogens with one attached hydrogen (secondary N) is 1. The summed E-state index contributed by atoms with van der Waals surface area (Å²) in [5.41, 5.74) is 3.62. The van der Waals surface area contributed by atoms with Crippen molar-refractivity contribution in [1.82, 2.24) is 14.9 Å². The first-order valence-electron chi connectivity index (χ1n) is 7.01. The van der Waals surface area contributed by atoms with Crippen LogP contribution in [0.1, 0.15) is 11.4 Å². The minimum Gasteiger partial charge on any atom is -0.457 e. The summed E-state index contributed by atoms with van der Waals surface area (Å²) in [4.78, 5) is 0. The van der Waals surface area contributed by atoms with Gasteiger partial charge in [-0.2, -0.15) is 5.10 Å². The van der Waals surface area contributed by atoms with E-state index in [0.717, 1.165) is 17.1 Å². The second-order valence-electron chi connectivity index (χ2n) is 4.80. The number of nitrogens with two attached hydrogens (primary N) is 1. The van der Waals surface area contributed by atoms with E-state index in [1.54, 1.807) is 13.1 Å². The van der Waals surface area contributed by atoms with Gasteiger partial charge in [0.1, 0.15) is 11.5 Å². The molecule has 0 bridgehead atoms. The molecule has 0 saturated carbocycles.